The lowest BCUT2D eigenvalue weighted by Gasteiger charge is -2.33. The Hall–Kier alpha value is 0.310. The number of rotatable bonds is 1. The maximum atomic E-state index is 5.77. The third-order valence-electron chi connectivity index (χ3n) is 3.96. The molecule has 2 bridgehead atoms. The van der Waals surface area contributed by atoms with Crippen LogP contribution in [0, 0.1) is 11.8 Å². The van der Waals surface area contributed by atoms with Crippen LogP contribution in [0.3, 0.4) is 0 Å². The Balaban J connectivity index is 1.81. The highest BCUT2D eigenvalue weighted by atomic mass is 31.2. The van der Waals surface area contributed by atoms with Gasteiger partial charge in [0.15, 0.2) is 0 Å². The molecule has 2 heterocycles. The SMILES string of the molecule is COP1OC[C@@H]2CN1[C@H]1CCCC[C@@H]21. The molecule has 0 aromatic carbocycles. The molecule has 0 radical (unpaired) electrons. The molecule has 14 heavy (non-hydrogen) atoms. The molecule has 0 amide bonds. The molecule has 1 aliphatic carbocycles. The van der Waals surface area contributed by atoms with Crippen LogP contribution >= 0.6 is 8.53 Å². The van der Waals surface area contributed by atoms with Crippen molar-refractivity contribution in [3.8, 4) is 0 Å². The van der Waals surface area contributed by atoms with Crippen molar-refractivity contribution in [1.29, 1.82) is 0 Å². The van der Waals surface area contributed by atoms with Crippen LogP contribution in [0.15, 0.2) is 0 Å². The average Bonchev–Trinajstić information content (AvgIpc) is 2.55. The number of fused-ring (bicyclic) bond motifs is 5. The van der Waals surface area contributed by atoms with Gasteiger partial charge < -0.3 is 9.05 Å². The van der Waals surface area contributed by atoms with Crippen LogP contribution in [0.4, 0.5) is 0 Å². The van der Waals surface area contributed by atoms with Gasteiger partial charge in [-0.3, -0.25) is 0 Å². The minimum Gasteiger partial charge on any atom is -0.325 e. The summed E-state index contributed by atoms with van der Waals surface area (Å²) in [5.41, 5.74) is 0. The van der Waals surface area contributed by atoms with Gasteiger partial charge in [0.2, 0.25) is 0 Å². The first-order valence-corrected chi connectivity index (χ1v) is 6.77. The van der Waals surface area contributed by atoms with E-state index in [0.29, 0.717) is 0 Å². The van der Waals surface area contributed by atoms with Gasteiger partial charge in [-0.25, -0.2) is 4.67 Å². The van der Waals surface area contributed by atoms with E-state index < -0.39 is 8.53 Å². The van der Waals surface area contributed by atoms with Gasteiger partial charge in [-0.2, -0.15) is 0 Å². The molecular formula is C10H18NO2P. The molecule has 4 heteroatoms. The number of hydrogen-bond donors (Lipinski definition) is 0. The van der Waals surface area contributed by atoms with Crippen molar-refractivity contribution in [2.45, 2.75) is 31.7 Å². The molecule has 0 aromatic rings. The molecule has 2 unspecified atom stereocenters. The third kappa shape index (κ3) is 1.34. The molecule has 3 fully saturated rings. The molecule has 80 valence electrons. The molecule has 2 aliphatic heterocycles. The van der Waals surface area contributed by atoms with E-state index >= 15 is 0 Å². The van der Waals surface area contributed by atoms with Crippen molar-refractivity contribution in [3.63, 3.8) is 0 Å². The molecule has 3 rings (SSSR count). The van der Waals surface area contributed by atoms with E-state index in [9.17, 15) is 0 Å². The van der Waals surface area contributed by atoms with Crippen molar-refractivity contribution in [2.75, 3.05) is 20.3 Å². The minimum atomic E-state index is -0.702. The quantitative estimate of drug-likeness (QED) is 0.627. The van der Waals surface area contributed by atoms with Gasteiger partial charge in [-0.05, 0) is 18.8 Å². The molecule has 0 spiro atoms. The van der Waals surface area contributed by atoms with E-state index in [2.05, 4.69) is 4.67 Å². The van der Waals surface area contributed by atoms with Crippen molar-refractivity contribution >= 4 is 8.53 Å². The Bertz CT molecular complexity index is 226. The van der Waals surface area contributed by atoms with Crippen LogP contribution in [-0.4, -0.2) is 31.0 Å². The highest BCUT2D eigenvalue weighted by Gasteiger charge is 2.49. The van der Waals surface area contributed by atoms with E-state index in [-0.39, 0.29) is 0 Å². The van der Waals surface area contributed by atoms with Gasteiger partial charge in [0, 0.05) is 25.6 Å². The van der Waals surface area contributed by atoms with Crippen LogP contribution in [0.25, 0.3) is 0 Å². The molecule has 0 N–H and O–H groups in total. The summed E-state index contributed by atoms with van der Waals surface area (Å²) >= 11 is 0. The lowest BCUT2D eigenvalue weighted by Crippen LogP contribution is -2.31. The van der Waals surface area contributed by atoms with Gasteiger partial charge in [0.05, 0.1) is 6.61 Å². The molecular weight excluding hydrogens is 197 g/mol. The second-order valence-electron chi connectivity index (χ2n) is 4.61. The maximum absolute atomic E-state index is 5.77. The second-order valence-corrected chi connectivity index (χ2v) is 6.23. The predicted molar refractivity (Wildman–Crippen MR) is 55.8 cm³/mol. The molecule has 0 aromatic heterocycles. The van der Waals surface area contributed by atoms with Gasteiger partial charge >= 0.3 is 0 Å². The topological polar surface area (TPSA) is 21.7 Å². The van der Waals surface area contributed by atoms with Crippen molar-refractivity contribution in [2.24, 2.45) is 11.8 Å². The lowest BCUT2D eigenvalue weighted by molar-refractivity contribution is 0.171. The number of nitrogens with zero attached hydrogens (tertiary/aromatic N) is 1. The Kier molecular flexibility index (Phi) is 2.53. The normalized spacial score (nSPS) is 51.6. The van der Waals surface area contributed by atoms with Crippen LogP contribution in [-0.2, 0) is 9.05 Å². The zero-order valence-corrected chi connectivity index (χ0v) is 9.58. The molecule has 3 aliphatic rings. The monoisotopic (exact) mass is 215 g/mol. The Labute approximate surface area is 86.7 Å². The van der Waals surface area contributed by atoms with Gasteiger partial charge in [0.25, 0.3) is 8.53 Å². The Morgan fingerprint density at radius 2 is 2.21 bits per heavy atom. The fourth-order valence-electron chi connectivity index (χ4n) is 3.33. The average molecular weight is 215 g/mol. The molecule has 1 saturated carbocycles. The smallest absolute Gasteiger partial charge is 0.258 e. The maximum Gasteiger partial charge on any atom is 0.258 e. The largest absolute Gasteiger partial charge is 0.325 e. The summed E-state index contributed by atoms with van der Waals surface area (Å²) in [6.07, 6.45) is 5.61. The van der Waals surface area contributed by atoms with E-state index in [4.69, 9.17) is 9.05 Å². The minimum absolute atomic E-state index is 0.702. The van der Waals surface area contributed by atoms with Crippen molar-refractivity contribution in [3.05, 3.63) is 0 Å². The van der Waals surface area contributed by atoms with Gasteiger partial charge in [-0.15, -0.1) is 0 Å². The molecule has 3 nitrogen and oxygen atoms in total. The Morgan fingerprint density at radius 1 is 1.36 bits per heavy atom. The summed E-state index contributed by atoms with van der Waals surface area (Å²) in [4.78, 5) is 0. The van der Waals surface area contributed by atoms with Gasteiger partial charge in [0.1, 0.15) is 0 Å². The zero-order valence-electron chi connectivity index (χ0n) is 8.69. The van der Waals surface area contributed by atoms with E-state index in [0.717, 1.165) is 24.5 Å². The van der Waals surface area contributed by atoms with Gasteiger partial charge in [-0.1, -0.05) is 12.8 Å². The van der Waals surface area contributed by atoms with Crippen LogP contribution in [0.5, 0.6) is 0 Å². The Morgan fingerprint density at radius 3 is 3.07 bits per heavy atom. The van der Waals surface area contributed by atoms with Crippen molar-refractivity contribution < 1.29 is 9.05 Å². The summed E-state index contributed by atoms with van der Waals surface area (Å²) in [6, 6.07) is 0.780. The fraction of sp³-hybridized carbons (Fsp3) is 1.00. The summed E-state index contributed by atoms with van der Waals surface area (Å²) < 4.78 is 13.7. The summed E-state index contributed by atoms with van der Waals surface area (Å²) in [5.74, 6) is 1.71. The van der Waals surface area contributed by atoms with Crippen LogP contribution < -0.4 is 0 Å². The summed E-state index contributed by atoms with van der Waals surface area (Å²) in [7, 11) is 1.08. The summed E-state index contributed by atoms with van der Waals surface area (Å²) in [6.45, 7) is 2.17. The number of hydrogen-bond acceptors (Lipinski definition) is 3. The van der Waals surface area contributed by atoms with Crippen LogP contribution in [0.1, 0.15) is 25.7 Å². The van der Waals surface area contributed by atoms with E-state index in [1.165, 1.54) is 32.2 Å². The van der Waals surface area contributed by atoms with Crippen molar-refractivity contribution in [1.82, 2.24) is 4.67 Å². The molecule has 5 atom stereocenters. The highest BCUT2D eigenvalue weighted by molar-refractivity contribution is 7.44. The highest BCUT2D eigenvalue weighted by Crippen LogP contribution is 2.57. The van der Waals surface area contributed by atoms with E-state index in [1.54, 1.807) is 7.11 Å². The fourth-order valence-corrected chi connectivity index (χ4v) is 4.98. The zero-order chi connectivity index (χ0) is 9.54. The van der Waals surface area contributed by atoms with Crippen LogP contribution in [0.2, 0.25) is 0 Å². The van der Waals surface area contributed by atoms with E-state index in [1.807, 2.05) is 0 Å². The predicted octanol–water partition coefficient (Wildman–Crippen LogP) is 2.38. The standard InChI is InChI=1S/C10H18NO2P/c1-12-14-11-6-8(7-13-14)9-4-2-3-5-10(9)11/h8-10H,2-7H2,1H3/t8-,9-,10-,14?/m0/s1. The lowest BCUT2D eigenvalue weighted by atomic mass is 9.80. The first-order chi connectivity index (χ1) is 6.90. The first kappa shape index (κ1) is 9.53. The second kappa shape index (κ2) is 3.71. The summed E-state index contributed by atoms with van der Waals surface area (Å²) in [5, 5.41) is 0. The first-order valence-electron chi connectivity index (χ1n) is 5.64. The third-order valence-corrected chi connectivity index (χ3v) is 5.52. The molecule has 2 saturated heterocycles.